The van der Waals surface area contributed by atoms with Gasteiger partial charge in [0.15, 0.2) is 0 Å². The molecule has 0 saturated carbocycles. The fourth-order valence-corrected chi connectivity index (χ4v) is 4.62. The molecule has 0 spiro atoms. The lowest BCUT2D eigenvalue weighted by Crippen LogP contribution is -2.11. The van der Waals surface area contributed by atoms with Gasteiger partial charge < -0.3 is 9.84 Å². The molecule has 29 heavy (non-hydrogen) atoms. The predicted molar refractivity (Wildman–Crippen MR) is 112 cm³/mol. The van der Waals surface area contributed by atoms with E-state index < -0.39 is 10.0 Å². The van der Waals surface area contributed by atoms with Crippen LogP contribution in [0.3, 0.4) is 0 Å². The van der Waals surface area contributed by atoms with E-state index in [1.165, 1.54) is 10.2 Å². The van der Waals surface area contributed by atoms with Gasteiger partial charge in [-0.2, -0.15) is 0 Å². The van der Waals surface area contributed by atoms with E-state index >= 15 is 0 Å². The maximum absolute atomic E-state index is 13.1. The molecule has 0 aliphatic carbocycles. The van der Waals surface area contributed by atoms with Crippen LogP contribution in [-0.2, 0) is 23.2 Å². The Bertz CT molecular complexity index is 1240. The van der Waals surface area contributed by atoms with Gasteiger partial charge in [-0.25, -0.2) is 12.4 Å². The SMILES string of the molecule is Cc1ccc(S(=O)(=O)n2cc(CO)c3cc(OCc4ccccc4)ccc32)cc1. The molecule has 6 heteroatoms. The molecular formula is C23H21NO4S. The van der Waals surface area contributed by atoms with E-state index in [1.54, 1.807) is 42.5 Å². The molecule has 4 aromatic rings. The summed E-state index contributed by atoms with van der Waals surface area (Å²) in [5.74, 6) is 0.613. The van der Waals surface area contributed by atoms with Crippen LogP contribution in [0.1, 0.15) is 16.7 Å². The van der Waals surface area contributed by atoms with Gasteiger partial charge >= 0.3 is 0 Å². The molecule has 0 amide bonds. The van der Waals surface area contributed by atoms with Gasteiger partial charge in [0.25, 0.3) is 10.0 Å². The zero-order valence-corrected chi connectivity index (χ0v) is 16.8. The second kappa shape index (κ2) is 7.73. The van der Waals surface area contributed by atoms with Crippen molar-refractivity contribution in [2.45, 2.75) is 25.0 Å². The van der Waals surface area contributed by atoms with Crippen LogP contribution in [-0.4, -0.2) is 17.5 Å². The zero-order valence-electron chi connectivity index (χ0n) is 15.9. The third-order valence-corrected chi connectivity index (χ3v) is 6.51. The average Bonchev–Trinajstić information content (AvgIpc) is 3.12. The summed E-state index contributed by atoms with van der Waals surface area (Å²) in [6.07, 6.45) is 1.47. The van der Waals surface area contributed by atoms with Crippen molar-refractivity contribution < 1.29 is 18.3 Å². The summed E-state index contributed by atoms with van der Waals surface area (Å²) < 4.78 is 33.3. The molecule has 4 rings (SSSR count). The van der Waals surface area contributed by atoms with Gasteiger partial charge in [-0.05, 0) is 42.8 Å². The molecular weight excluding hydrogens is 386 g/mol. The topological polar surface area (TPSA) is 68.5 Å². The van der Waals surface area contributed by atoms with Crippen LogP contribution in [0.15, 0.2) is 83.9 Å². The van der Waals surface area contributed by atoms with Crippen molar-refractivity contribution in [2.75, 3.05) is 0 Å². The van der Waals surface area contributed by atoms with Crippen LogP contribution in [0, 0.1) is 6.92 Å². The van der Waals surface area contributed by atoms with E-state index in [0.717, 1.165) is 11.1 Å². The van der Waals surface area contributed by atoms with Crippen LogP contribution < -0.4 is 4.74 Å². The molecule has 0 bridgehead atoms. The molecule has 1 N–H and O–H groups in total. The number of aliphatic hydroxyl groups is 1. The Morgan fingerprint density at radius 1 is 0.966 bits per heavy atom. The monoisotopic (exact) mass is 407 g/mol. The number of hydrogen-bond donors (Lipinski definition) is 1. The lowest BCUT2D eigenvalue weighted by atomic mass is 10.2. The molecule has 1 aromatic heterocycles. The Labute approximate surface area is 169 Å². The molecule has 1 heterocycles. The standard InChI is InChI=1S/C23H21NO4S/c1-17-7-10-21(11-8-17)29(26,27)24-14-19(15-25)22-13-20(9-12-23(22)24)28-16-18-5-3-2-4-6-18/h2-14,25H,15-16H2,1H3. The largest absolute Gasteiger partial charge is 0.489 e. The molecule has 0 aliphatic rings. The highest BCUT2D eigenvalue weighted by atomic mass is 32.2. The van der Waals surface area contributed by atoms with Gasteiger partial charge in [-0.3, -0.25) is 0 Å². The maximum Gasteiger partial charge on any atom is 0.268 e. The third kappa shape index (κ3) is 3.77. The van der Waals surface area contributed by atoms with E-state index in [1.807, 2.05) is 37.3 Å². The first-order chi connectivity index (χ1) is 14.0. The van der Waals surface area contributed by atoms with E-state index in [-0.39, 0.29) is 11.5 Å². The summed E-state index contributed by atoms with van der Waals surface area (Å²) in [6, 6.07) is 21.7. The first-order valence-corrected chi connectivity index (χ1v) is 10.7. The Morgan fingerprint density at radius 2 is 1.69 bits per heavy atom. The molecule has 0 radical (unpaired) electrons. The van der Waals surface area contributed by atoms with Gasteiger partial charge in [-0.15, -0.1) is 0 Å². The first-order valence-electron chi connectivity index (χ1n) is 9.23. The van der Waals surface area contributed by atoms with Crippen LogP contribution in [0.5, 0.6) is 5.75 Å². The molecule has 0 unspecified atom stereocenters. The van der Waals surface area contributed by atoms with Crippen molar-refractivity contribution in [2.24, 2.45) is 0 Å². The van der Waals surface area contributed by atoms with Crippen molar-refractivity contribution in [1.29, 1.82) is 0 Å². The van der Waals surface area contributed by atoms with E-state index in [9.17, 15) is 13.5 Å². The molecule has 3 aromatic carbocycles. The van der Waals surface area contributed by atoms with Crippen molar-refractivity contribution in [3.05, 3.63) is 95.7 Å². The van der Waals surface area contributed by atoms with Crippen LogP contribution in [0.25, 0.3) is 10.9 Å². The highest BCUT2D eigenvalue weighted by molar-refractivity contribution is 7.90. The highest BCUT2D eigenvalue weighted by Crippen LogP contribution is 2.30. The smallest absolute Gasteiger partial charge is 0.268 e. The number of rotatable bonds is 6. The van der Waals surface area contributed by atoms with Gasteiger partial charge in [0.2, 0.25) is 0 Å². The van der Waals surface area contributed by atoms with Gasteiger partial charge in [0, 0.05) is 17.1 Å². The summed E-state index contributed by atoms with van der Waals surface area (Å²) in [4.78, 5) is 0.203. The molecule has 0 aliphatic heterocycles. The van der Waals surface area contributed by atoms with Gasteiger partial charge in [-0.1, -0.05) is 48.0 Å². The lowest BCUT2D eigenvalue weighted by molar-refractivity contribution is 0.283. The fourth-order valence-electron chi connectivity index (χ4n) is 3.22. The van der Waals surface area contributed by atoms with Crippen LogP contribution >= 0.6 is 0 Å². The summed E-state index contributed by atoms with van der Waals surface area (Å²) in [5.41, 5.74) is 3.05. The number of fused-ring (bicyclic) bond motifs is 1. The number of aryl methyl sites for hydroxylation is 1. The van der Waals surface area contributed by atoms with E-state index in [0.29, 0.717) is 28.8 Å². The second-order valence-electron chi connectivity index (χ2n) is 6.88. The van der Waals surface area contributed by atoms with Crippen LogP contribution in [0.4, 0.5) is 0 Å². The molecule has 0 fully saturated rings. The van der Waals surface area contributed by atoms with Crippen molar-refractivity contribution >= 4 is 20.9 Å². The summed E-state index contributed by atoms with van der Waals surface area (Å²) >= 11 is 0. The minimum Gasteiger partial charge on any atom is -0.489 e. The van der Waals surface area contributed by atoms with Crippen molar-refractivity contribution in [1.82, 2.24) is 3.97 Å². The highest BCUT2D eigenvalue weighted by Gasteiger charge is 2.21. The Hall–Kier alpha value is -3.09. The van der Waals surface area contributed by atoms with Crippen molar-refractivity contribution in [3.8, 4) is 5.75 Å². The summed E-state index contributed by atoms with van der Waals surface area (Å²) in [6.45, 7) is 2.04. The predicted octanol–water partition coefficient (Wildman–Crippen LogP) is 4.26. The number of ether oxygens (including phenoxy) is 1. The first kappa shape index (κ1) is 19.2. The number of aromatic nitrogens is 1. The normalized spacial score (nSPS) is 11.7. The number of benzene rings is 3. The Balaban J connectivity index is 1.72. The molecule has 148 valence electrons. The average molecular weight is 407 g/mol. The van der Waals surface area contributed by atoms with Crippen molar-refractivity contribution in [3.63, 3.8) is 0 Å². The maximum atomic E-state index is 13.1. The number of aliphatic hydroxyl groups excluding tert-OH is 1. The Morgan fingerprint density at radius 3 is 2.38 bits per heavy atom. The van der Waals surface area contributed by atoms with Gasteiger partial charge in [0.1, 0.15) is 12.4 Å². The molecule has 0 atom stereocenters. The zero-order chi connectivity index (χ0) is 20.4. The van der Waals surface area contributed by atoms with Crippen LogP contribution in [0.2, 0.25) is 0 Å². The number of nitrogens with zero attached hydrogens (tertiary/aromatic N) is 1. The minimum atomic E-state index is -3.77. The van der Waals surface area contributed by atoms with Gasteiger partial charge in [0.05, 0.1) is 17.0 Å². The third-order valence-electron chi connectivity index (χ3n) is 4.82. The molecule has 5 nitrogen and oxygen atoms in total. The Kier molecular flexibility index (Phi) is 5.13. The van der Waals surface area contributed by atoms with E-state index in [2.05, 4.69) is 0 Å². The lowest BCUT2D eigenvalue weighted by Gasteiger charge is -2.09. The fraction of sp³-hybridized carbons (Fsp3) is 0.130. The minimum absolute atomic E-state index is 0.203. The summed E-state index contributed by atoms with van der Waals surface area (Å²) in [5, 5.41) is 10.4. The summed E-state index contributed by atoms with van der Waals surface area (Å²) in [7, 11) is -3.77. The number of hydrogen-bond acceptors (Lipinski definition) is 4. The molecule has 0 saturated heterocycles. The second-order valence-corrected chi connectivity index (χ2v) is 8.69. The van der Waals surface area contributed by atoms with E-state index in [4.69, 9.17) is 4.74 Å². The quantitative estimate of drug-likeness (QED) is 0.519.